The molecule has 7 N–H and O–H groups in total. The SMILES string of the molecule is CNC(=O)[C@H](CNC(=O)CCCOc1ccc(C=O)c(OC)c1)NC(=O)CCCOc1ccc(C=O)c(OC)c1.CNC(=O)[C@H](CNC(=O)OCC1c2ccccc2-c2ccccc21)NC(=O)OCC1c2ccccc2-c2ccccc21.COc1cc(OCCCC(=O)O)ccc1C=O. The van der Waals surface area contributed by atoms with E-state index in [9.17, 15) is 47.9 Å². The molecule has 0 aromatic heterocycles. The van der Waals surface area contributed by atoms with E-state index in [1.54, 1.807) is 54.6 Å². The second-order valence-corrected chi connectivity index (χ2v) is 22.2. The Labute approximate surface area is 572 Å². The summed E-state index contributed by atoms with van der Waals surface area (Å²) in [7, 11) is 7.27. The van der Waals surface area contributed by atoms with E-state index in [0.29, 0.717) is 95.9 Å². The van der Waals surface area contributed by atoms with Crippen LogP contribution >= 0.6 is 0 Å². The number of ether oxygens (including phenoxy) is 8. The molecule has 0 unspecified atom stereocenters. The standard InChI is InChI=1S/C34H31N3O5.C28H35N3O9.C12H14O5/c1-35-32(38)31(37-34(40)42-20-30-27-16-8-4-12-23(27)24-13-5-9-17-28(24)30)18-36-33(39)41-19-29-25-14-6-2-10-21(25)22-11-3-7-15-26(22)29;1-29-28(36)23(31-27(35)7-5-13-40-22-11-9-20(18-33)25(15-22)38-3)16-30-26(34)6-4-12-39-21-10-8-19(17-32)24(14-21)37-2;1-16-11-7-10(5-4-9(11)8-13)17-6-2-3-12(14)15/h2-17,29-31H,18-20H2,1H3,(H,35,38)(H,36,39)(H,37,40);8-11,14-15,17-18,23H,4-7,12-13,16H2,1-3H3,(H,29,36)(H,30,34)(H,31,35);4-5,7-8H,2-3,6H2,1H3,(H,14,15)/t31-;23-;/m00./s1. The Morgan fingerprint density at radius 2 is 0.778 bits per heavy atom. The molecule has 2 atom stereocenters. The van der Waals surface area contributed by atoms with Crippen molar-refractivity contribution in [3.8, 4) is 56.8 Å². The Kier molecular flexibility index (Phi) is 29.2. The van der Waals surface area contributed by atoms with E-state index in [4.69, 9.17) is 43.0 Å². The quantitative estimate of drug-likeness (QED) is 0.0149. The Hall–Kier alpha value is -11.8. The molecule has 0 aliphatic heterocycles. The first-order chi connectivity index (χ1) is 48.1. The first kappa shape index (κ1) is 74.6. The van der Waals surface area contributed by atoms with Gasteiger partial charge in [0.15, 0.2) is 18.9 Å². The highest BCUT2D eigenvalue weighted by molar-refractivity contribution is 5.89. The molecule has 6 amide bonds. The van der Waals surface area contributed by atoms with Gasteiger partial charge in [-0.3, -0.25) is 38.4 Å². The van der Waals surface area contributed by atoms with Crippen molar-refractivity contribution in [1.82, 2.24) is 31.9 Å². The van der Waals surface area contributed by atoms with Crippen LogP contribution < -0.4 is 60.3 Å². The van der Waals surface area contributed by atoms with Crippen molar-refractivity contribution in [2.24, 2.45) is 0 Å². The summed E-state index contributed by atoms with van der Waals surface area (Å²) in [5.74, 6) is 0.153. The van der Waals surface area contributed by atoms with Gasteiger partial charge in [-0.2, -0.15) is 0 Å². The van der Waals surface area contributed by atoms with Gasteiger partial charge in [0.2, 0.25) is 23.6 Å². The number of alkyl carbamates (subject to hydrolysis) is 2. The van der Waals surface area contributed by atoms with Gasteiger partial charge < -0.3 is 74.9 Å². The molecule has 2 aliphatic rings. The van der Waals surface area contributed by atoms with Crippen molar-refractivity contribution in [3.63, 3.8) is 0 Å². The summed E-state index contributed by atoms with van der Waals surface area (Å²) in [6.45, 7) is 0.812. The summed E-state index contributed by atoms with van der Waals surface area (Å²) in [6, 6.07) is 44.7. The minimum absolute atomic E-state index is 0.0730. The number of hydrogen-bond donors (Lipinski definition) is 7. The van der Waals surface area contributed by atoms with Crippen molar-refractivity contribution in [1.29, 1.82) is 0 Å². The maximum Gasteiger partial charge on any atom is 0.407 e. The topological polar surface area (TPSA) is 337 Å². The van der Waals surface area contributed by atoms with Crippen LogP contribution in [-0.2, 0) is 33.4 Å². The smallest absolute Gasteiger partial charge is 0.407 e. The van der Waals surface area contributed by atoms with Gasteiger partial charge in [0.25, 0.3) is 0 Å². The second-order valence-electron chi connectivity index (χ2n) is 22.2. The number of methoxy groups -OCH3 is 3. The van der Waals surface area contributed by atoms with E-state index >= 15 is 0 Å². The summed E-state index contributed by atoms with van der Waals surface area (Å²) in [5.41, 5.74) is 10.2. The molecule has 7 aromatic rings. The zero-order valence-electron chi connectivity index (χ0n) is 55.5. The number of likely N-dealkylation sites (N-methyl/N-ethyl adjacent to an activating group) is 2. The zero-order valence-corrected chi connectivity index (χ0v) is 55.5. The Morgan fingerprint density at radius 3 is 1.14 bits per heavy atom. The van der Waals surface area contributed by atoms with Crippen molar-refractivity contribution < 1.29 is 90.9 Å². The number of hydrogen-bond acceptors (Lipinski definition) is 18. The lowest BCUT2D eigenvalue weighted by Gasteiger charge is -2.20. The molecule has 9 rings (SSSR count). The first-order valence-electron chi connectivity index (χ1n) is 31.8. The Bertz CT molecular complexity index is 3860. The van der Waals surface area contributed by atoms with Crippen LogP contribution in [0.5, 0.6) is 34.5 Å². The molecular formula is C74H80N6O19. The summed E-state index contributed by atoms with van der Waals surface area (Å²) < 4.78 is 43.0. The molecule has 7 aromatic carbocycles. The number of amides is 6. The molecule has 99 heavy (non-hydrogen) atoms. The lowest BCUT2D eigenvalue weighted by atomic mass is 9.98. The molecule has 0 saturated carbocycles. The van der Waals surface area contributed by atoms with Gasteiger partial charge in [-0.25, -0.2) is 9.59 Å². The van der Waals surface area contributed by atoms with E-state index in [2.05, 4.69) is 56.2 Å². The molecule has 0 fully saturated rings. The molecule has 0 radical (unpaired) electrons. The minimum atomic E-state index is -1.05. The van der Waals surface area contributed by atoms with E-state index in [0.717, 1.165) is 44.5 Å². The van der Waals surface area contributed by atoms with E-state index in [-0.39, 0.29) is 82.4 Å². The van der Waals surface area contributed by atoms with Gasteiger partial charge in [-0.05, 0) is 100 Å². The average molecular weight is 1360 g/mol. The number of rotatable bonds is 33. The van der Waals surface area contributed by atoms with Gasteiger partial charge in [-0.1, -0.05) is 97.1 Å². The maximum absolute atomic E-state index is 12.8. The van der Waals surface area contributed by atoms with Crippen LogP contribution in [0, 0.1) is 0 Å². The third-order valence-corrected chi connectivity index (χ3v) is 15.8. The van der Waals surface area contributed by atoms with Crippen LogP contribution in [0.4, 0.5) is 9.59 Å². The normalized spacial score (nSPS) is 11.9. The molecular weight excluding hydrogens is 1280 g/mol. The van der Waals surface area contributed by atoms with E-state index in [1.165, 1.54) is 35.4 Å². The van der Waals surface area contributed by atoms with Crippen molar-refractivity contribution in [2.45, 2.75) is 62.4 Å². The molecule has 0 spiro atoms. The third kappa shape index (κ3) is 21.6. The van der Waals surface area contributed by atoms with Crippen molar-refractivity contribution in [3.05, 3.63) is 191 Å². The summed E-state index contributed by atoms with van der Waals surface area (Å²) in [4.78, 5) is 118. The van der Waals surface area contributed by atoms with Gasteiger partial charge >= 0.3 is 18.2 Å². The maximum atomic E-state index is 12.8. The van der Waals surface area contributed by atoms with Crippen LogP contribution in [0.15, 0.2) is 152 Å². The number of carbonyl (C=O) groups is 10. The molecule has 0 saturated heterocycles. The largest absolute Gasteiger partial charge is 0.496 e. The fourth-order valence-corrected chi connectivity index (χ4v) is 10.8. The number of aldehydes is 3. The predicted octanol–water partition coefficient (Wildman–Crippen LogP) is 8.62. The highest BCUT2D eigenvalue weighted by Gasteiger charge is 2.32. The predicted molar refractivity (Wildman–Crippen MR) is 365 cm³/mol. The Morgan fingerprint density at radius 1 is 0.434 bits per heavy atom. The van der Waals surface area contributed by atoms with Gasteiger partial charge in [0, 0.05) is 69.9 Å². The molecule has 520 valence electrons. The second kappa shape index (κ2) is 38.7. The molecule has 0 heterocycles. The average Bonchev–Trinajstić information content (AvgIpc) is 1.63. The van der Waals surface area contributed by atoms with Crippen molar-refractivity contribution in [2.75, 3.05) is 81.5 Å². The molecule has 0 bridgehead atoms. The fraction of sp³-hybridized carbons (Fsp3) is 0.297. The number of carboxylic acid groups (broad SMARTS) is 1. The van der Waals surface area contributed by atoms with Crippen LogP contribution in [0.25, 0.3) is 22.3 Å². The molecule has 25 nitrogen and oxygen atoms in total. The number of nitrogens with one attached hydrogen (secondary N) is 6. The molecule has 25 heteroatoms. The molecule has 2 aliphatic carbocycles. The van der Waals surface area contributed by atoms with Crippen molar-refractivity contribution >= 4 is 60.6 Å². The first-order valence-corrected chi connectivity index (χ1v) is 31.8. The lowest BCUT2D eigenvalue weighted by molar-refractivity contribution is -0.137. The van der Waals surface area contributed by atoms with Crippen LogP contribution in [0.1, 0.15) is 104 Å². The highest BCUT2D eigenvalue weighted by Crippen LogP contribution is 2.46. The minimum Gasteiger partial charge on any atom is -0.496 e. The number of aliphatic carboxylic acids is 1. The number of fused-ring (bicyclic) bond motifs is 6. The van der Waals surface area contributed by atoms with Gasteiger partial charge in [0.1, 0.15) is 59.8 Å². The van der Waals surface area contributed by atoms with Gasteiger partial charge in [-0.15, -0.1) is 0 Å². The highest BCUT2D eigenvalue weighted by atomic mass is 16.6. The summed E-state index contributed by atoms with van der Waals surface area (Å²) in [6.07, 6.45) is 2.18. The zero-order chi connectivity index (χ0) is 71.1. The number of benzene rings is 7. The van der Waals surface area contributed by atoms with Gasteiger partial charge in [0.05, 0.1) is 64.4 Å². The van der Waals surface area contributed by atoms with E-state index < -0.39 is 42.1 Å². The Balaban J connectivity index is 0.000000227. The number of carboxylic acids is 1. The van der Waals surface area contributed by atoms with Crippen LogP contribution in [0.2, 0.25) is 0 Å². The number of carbonyl (C=O) groups excluding carboxylic acids is 9. The summed E-state index contributed by atoms with van der Waals surface area (Å²) in [5, 5.41) is 23.9. The fourth-order valence-electron chi connectivity index (χ4n) is 10.8. The third-order valence-electron chi connectivity index (χ3n) is 15.8. The summed E-state index contributed by atoms with van der Waals surface area (Å²) >= 11 is 0. The van der Waals surface area contributed by atoms with E-state index in [1.807, 2.05) is 72.8 Å². The lowest BCUT2D eigenvalue weighted by Crippen LogP contribution is -2.52. The van der Waals surface area contributed by atoms with Crippen LogP contribution in [-0.4, -0.2) is 159 Å². The van der Waals surface area contributed by atoms with Crippen LogP contribution in [0.3, 0.4) is 0 Å². The monoisotopic (exact) mass is 1360 g/mol.